The third-order valence-corrected chi connectivity index (χ3v) is 3.48. The number of aromatic nitrogens is 2. The molecule has 5 nitrogen and oxygen atoms in total. The molecule has 1 saturated heterocycles. The first-order valence-electron chi connectivity index (χ1n) is 5.97. The van der Waals surface area contributed by atoms with Crippen LogP contribution < -0.4 is 0 Å². The summed E-state index contributed by atoms with van der Waals surface area (Å²) in [5, 5.41) is 13.8. The van der Waals surface area contributed by atoms with E-state index in [1.807, 2.05) is 20.9 Å². The van der Waals surface area contributed by atoms with Gasteiger partial charge >= 0.3 is 0 Å². The molecule has 0 spiro atoms. The number of carbonyl (C=O) groups is 1. The molecule has 2 heterocycles. The molecule has 0 bridgehead atoms. The van der Waals surface area contributed by atoms with Crippen molar-refractivity contribution >= 4 is 5.91 Å². The zero-order valence-corrected chi connectivity index (χ0v) is 10.6. The van der Waals surface area contributed by atoms with Crippen LogP contribution in [0.15, 0.2) is 6.07 Å². The highest BCUT2D eigenvalue weighted by atomic mass is 16.3. The Balaban J connectivity index is 2.10. The van der Waals surface area contributed by atoms with Gasteiger partial charge in [-0.2, -0.15) is 5.10 Å². The van der Waals surface area contributed by atoms with E-state index in [-0.39, 0.29) is 17.9 Å². The molecule has 2 unspecified atom stereocenters. The van der Waals surface area contributed by atoms with Gasteiger partial charge in [0.15, 0.2) is 5.69 Å². The predicted molar refractivity (Wildman–Crippen MR) is 63.6 cm³/mol. The SMILES string of the molecule is Cc1cc(C(=O)N2CCC(O)C(C)C2)nn1C. The number of aryl methyl sites for hydroxylation is 2. The summed E-state index contributed by atoms with van der Waals surface area (Å²) in [5.41, 5.74) is 1.46. The van der Waals surface area contributed by atoms with Crippen molar-refractivity contribution in [2.24, 2.45) is 13.0 Å². The van der Waals surface area contributed by atoms with Crippen LogP contribution in [0.4, 0.5) is 0 Å². The van der Waals surface area contributed by atoms with E-state index in [0.29, 0.717) is 25.2 Å². The van der Waals surface area contributed by atoms with Crippen molar-refractivity contribution in [3.05, 3.63) is 17.5 Å². The summed E-state index contributed by atoms with van der Waals surface area (Å²) in [6.45, 7) is 5.11. The van der Waals surface area contributed by atoms with Gasteiger partial charge < -0.3 is 10.0 Å². The molecule has 1 aliphatic rings. The first kappa shape index (κ1) is 12.1. The minimum Gasteiger partial charge on any atom is -0.393 e. The highest BCUT2D eigenvalue weighted by Gasteiger charge is 2.28. The molecule has 1 N–H and O–H groups in total. The first-order valence-corrected chi connectivity index (χ1v) is 5.97. The number of hydrogen-bond donors (Lipinski definition) is 1. The lowest BCUT2D eigenvalue weighted by molar-refractivity contribution is 0.0293. The van der Waals surface area contributed by atoms with E-state index in [2.05, 4.69) is 5.10 Å². The minimum absolute atomic E-state index is 0.0348. The molecular formula is C12H19N3O2. The molecule has 1 aliphatic heterocycles. The average Bonchev–Trinajstić information content (AvgIpc) is 2.62. The third kappa shape index (κ3) is 2.34. The number of nitrogens with zero attached hydrogens (tertiary/aromatic N) is 3. The molecule has 1 amide bonds. The molecule has 1 aromatic rings. The monoisotopic (exact) mass is 237 g/mol. The number of piperidine rings is 1. The fourth-order valence-corrected chi connectivity index (χ4v) is 2.14. The van der Waals surface area contributed by atoms with E-state index in [1.165, 1.54) is 0 Å². The minimum atomic E-state index is -0.287. The zero-order valence-electron chi connectivity index (χ0n) is 10.6. The molecule has 0 saturated carbocycles. The summed E-state index contributed by atoms with van der Waals surface area (Å²) in [7, 11) is 1.83. The lowest BCUT2D eigenvalue weighted by atomic mass is 9.96. The van der Waals surface area contributed by atoms with E-state index in [1.54, 1.807) is 15.6 Å². The molecule has 1 fully saturated rings. The van der Waals surface area contributed by atoms with Gasteiger partial charge in [0.05, 0.1) is 6.10 Å². The van der Waals surface area contributed by atoms with Crippen molar-refractivity contribution in [2.45, 2.75) is 26.4 Å². The summed E-state index contributed by atoms with van der Waals surface area (Å²) >= 11 is 0. The van der Waals surface area contributed by atoms with Crippen LogP contribution in [-0.4, -0.2) is 44.9 Å². The highest BCUT2D eigenvalue weighted by molar-refractivity contribution is 5.92. The Morgan fingerprint density at radius 3 is 2.82 bits per heavy atom. The summed E-state index contributed by atoms with van der Waals surface area (Å²) in [6, 6.07) is 1.80. The molecule has 5 heteroatoms. The van der Waals surface area contributed by atoms with Crippen LogP contribution in [-0.2, 0) is 7.05 Å². The molecule has 0 radical (unpaired) electrons. The van der Waals surface area contributed by atoms with E-state index in [9.17, 15) is 9.90 Å². The van der Waals surface area contributed by atoms with E-state index in [0.717, 1.165) is 5.69 Å². The lowest BCUT2D eigenvalue weighted by Crippen LogP contribution is -2.45. The smallest absolute Gasteiger partial charge is 0.274 e. The maximum absolute atomic E-state index is 12.2. The Bertz CT molecular complexity index is 408. The van der Waals surface area contributed by atoms with Gasteiger partial charge in [-0.3, -0.25) is 9.48 Å². The number of aliphatic hydroxyl groups is 1. The van der Waals surface area contributed by atoms with Crippen molar-refractivity contribution < 1.29 is 9.90 Å². The molecule has 0 aliphatic carbocycles. The average molecular weight is 237 g/mol. The number of hydrogen-bond acceptors (Lipinski definition) is 3. The van der Waals surface area contributed by atoms with Crippen molar-refractivity contribution in [1.29, 1.82) is 0 Å². The number of likely N-dealkylation sites (tertiary alicyclic amines) is 1. The fourth-order valence-electron chi connectivity index (χ4n) is 2.14. The van der Waals surface area contributed by atoms with E-state index < -0.39 is 0 Å². The molecule has 1 aromatic heterocycles. The van der Waals surface area contributed by atoms with E-state index in [4.69, 9.17) is 0 Å². The molecule has 2 rings (SSSR count). The second-order valence-electron chi connectivity index (χ2n) is 4.88. The van der Waals surface area contributed by atoms with Gasteiger partial charge in [-0.25, -0.2) is 0 Å². The Morgan fingerprint density at radius 1 is 1.59 bits per heavy atom. The van der Waals surface area contributed by atoms with Gasteiger partial charge in [0.25, 0.3) is 5.91 Å². The normalized spacial score (nSPS) is 25.1. The van der Waals surface area contributed by atoms with Crippen molar-refractivity contribution in [1.82, 2.24) is 14.7 Å². The molecular weight excluding hydrogens is 218 g/mol. The van der Waals surface area contributed by atoms with Crippen LogP contribution in [0.2, 0.25) is 0 Å². The Hall–Kier alpha value is -1.36. The second-order valence-corrected chi connectivity index (χ2v) is 4.88. The first-order chi connectivity index (χ1) is 7.99. The standard InChI is InChI=1S/C12H19N3O2/c1-8-7-15(5-4-11(8)16)12(17)10-6-9(2)14(3)13-10/h6,8,11,16H,4-5,7H2,1-3H3. The Morgan fingerprint density at radius 2 is 2.29 bits per heavy atom. The van der Waals surface area contributed by atoms with Gasteiger partial charge in [0.1, 0.15) is 0 Å². The summed E-state index contributed by atoms with van der Waals surface area (Å²) in [5.74, 6) is 0.102. The van der Waals surface area contributed by atoms with Gasteiger partial charge in [-0.05, 0) is 25.3 Å². The van der Waals surface area contributed by atoms with Crippen LogP contribution in [0.5, 0.6) is 0 Å². The Labute approximate surface area is 101 Å². The van der Waals surface area contributed by atoms with E-state index >= 15 is 0 Å². The zero-order chi connectivity index (χ0) is 12.6. The van der Waals surface area contributed by atoms with Crippen LogP contribution >= 0.6 is 0 Å². The van der Waals surface area contributed by atoms with Crippen molar-refractivity contribution in [3.63, 3.8) is 0 Å². The molecule has 2 atom stereocenters. The predicted octanol–water partition coefficient (Wildman–Crippen LogP) is 0.571. The number of amides is 1. The number of aliphatic hydroxyl groups excluding tert-OH is 1. The molecule has 17 heavy (non-hydrogen) atoms. The van der Waals surface area contributed by atoms with Gasteiger partial charge in [-0.15, -0.1) is 0 Å². The summed E-state index contributed by atoms with van der Waals surface area (Å²) in [6.07, 6.45) is 0.364. The maximum Gasteiger partial charge on any atom is 0.274 e. The number of carbonyl (C=O) groups excluding carboxylic acids is 1. The third-order valence-electron chi connectivity index (χ3n) is 3.48. The highest BCUT2D eigenvalue weighted by Crippen LogP contribution is 2.18. The Kier molecular flexibility index (Phi) is 3.19. The van der Waals surface area contributed by atoms with Gasteiger partial charge in [0, 0.05) is 25.8 Å². The molecule has 0 aromatic carbocycles. The second kappa shape index (κ2) is 4.49. The van der Waals surface area contributed by atoms with Crippen LogP contribution in [0.1, 0.15) is 29.5 Å². The van der Waals surface area contributed by atoms with Crippen LogP contribution in [0.25, 0.3) is 0 Å². The quantitative estimate of drug-likeness (QED) is 0.777. The maximum atomic E-state index is 12.2. The molecule has 94 valence electrons. The van der Waals surface area contributed by atoms with Crippen molar-refractivity contribution in [2.75, 3.05) is 13.1 Å². The van der Waals surface area contributed by atoms with Crippen LogP contribution in [0.3, 0.4) is 0 Å². The summed E-state index contributed by atoms with van der Waals surface area (Å²) < 4.78 is 1.70. The largest absolute Gasteiger partial charge is 0.393 e. The van der Waals surface area contributed by atoms with Gasteiger partial charge in [0.2, 0.25) is 0 Å². The number of rotatable bonds is 1. The van der Waals surface area contributed by atoms with Gasteiger partial charge in [-0.1, -0.05) is 6.92 Å². The van der Waals surface area contributed by atoms with Crippen molar-refractivity contribution in [3.8, 4) is 0 Å². The topological polar surface area (TPSA) is 58.4 Å². The lowest BCUT2D eigenvalue weighted by Gasteiger charge is -2.33. The fraction of sp³-hybridized carbons (Fsp3) is 0.667. The van der Waals surface area contributed by atoms with Crippen LogP contribution in [0, 0.1) is 12.8 Å². The summed E-state index contributed by atoms with van der Waals surface area (Å²) in [4.78, 5) is 14.0.